The van der Waals surface area contributed by atoms with E-state index < -0.39 is 17.6 Å². The molecule has 2 aromatic rings. The number of halogens is 2. The average Bonchev–Trinajstić information content (AvgIpc) is 3.39. The third-order valence-electron chi connectivity index (χ3n) is 6.88. The lowest BCUT2D eigenvalue weighted by Crippen LogP contribution is -2.44. The summed E-state index contributed by atoms with van der Waals surface area (Å²) < 4.78 is 29.3. The molecular weight excluding hydrogens is 428 g/mol. The van der Waals surface area contributed by atoms with Crippen LogP contribution in [0.5, 0.6) is 0 Å². The van der Waals surface area contributed by atoms with E-state index in [9.17, 15) is 13.6 Å². The Morgan fingerprint density at radius 2 is 1.88 bits per heavy atom. The summed E-state index contributed by atoms with van der Waals surface area (Å²) in [5, 5.41) is 6.00. The van der Waals surface area contributed by atoms with Crippen molar-refractivity contribution in [3.63, 3.8) is 0 Å². The summed E-state index contributed by atoms with van der Waals surface area (Å²) in [5.41, 5.74) is 6.61. The molecule has 1 aromatic carbocycles. The lowest BCUT2D eigenvalue weighted by Gasteiger charge is -2.34. The second-order valence-corrected chi connectivity index (χ2v) is 9.02. The van der Waals surface area contributed by atoms with Gasteiger partial charge in [0.05, 0.1) is 17.8 Å². The van der Waals surface area contributed by atoms with Crippen LogP contribution in [0.1, 0.15) is 6.42 Å². The van der Waals surface area contributed by atoms with Crippen LogP contribution in [-0.4, -0.2) is 60.0 Å². The number of carbonyl (C=O) groups is 1. The fourth-order valence-electron chi connectivity index (χ4n) is 5.11. The Kier molecular flexibility index (Phi) is 5.61. The number of benzene rings is 1. The molecule has 10 heteroatoms. The highest BCUT2D eigenvalue weighted by atomic mass is 19.1. The van der Waals surface area contributed by atoms with Crippen LogP contribution in [0.4, 0.5) is 31.9 Å². The normalized spacial score (nSPS) is 26.6. The predicted octanol–water partition coefficient (Wildman–Crippen LogP) is 2.34. The van der Waals surface area contributed by atoms with Gasteiger partial charge in [0.1, 0.15) is 5.82 Å². The molecule has 4 atom stereocenters. The first-order chi connectivity index (χ1) is 15.9. The first kappa shape index (κ1) is 21.6. The van der Waals surface area contributed by atoms with Gasteiger partial charge >= 0.3 is 0 Å². The van der Waals surface area contributed by atoms with Gasteiger partial charge in [-0.05, 0) is 43.5 Å². The number of piperazine rings is 1. The van der Waals surface area contributed by atoms with E-state index in [4.69, 9.17) is 5.73 Å². The topological polar surface area (TPSA) is 99.4 Å². The van der Waals surface area contributed by atoms with Gasteiger partial charge in [-0.1, -0.05) is 12.2 Å². The van der Waals surface area contributed by atoms with E-state index >= 15 is 0 Å². The van der Waals surface area contributed by atoms with Gasteiger partial charge in [0.15, 0.2) is 11.6 Å². The summed E-state index contributed by atoms with van der Waals surface area (Å²) in [7, 11) is 2.05. The monoisotopic (exact) mass is 455 g/mol. The Hall–Kier alpha value is -3.27. The Morgan fingerprint density at radius 1 is 1.12 bits per heavy atom. The van der Waals surface area contributed by atoms with Gasteiger partial charge in [0.25, 0.3) is 0 Å². The number of fused-ring (bicyclic) bond motifs is 2. The van der Waals surface area contributed by atoms with Gasteiger partial charge in [-0.25, -0.2) is 13.8 Å². The number of hydrogen-bond acceptors (Lipinski definition) is 7. The van der Waals surface area contributed by atoms with Gasteiger partial charge in [-0.15, -0.1) is 0 Å². The van der Waals surface area contributed by atoms with Crippen molar-refractivity contribution >= 4 is 29.0 Å². The highest BCUT2D eigenvalue weighted by molar-refractivity contribution is 5.79. The maximum Gasteiger partial charge on any atom is 0.229 e. The number of primary amides is 1. The highest BCUT2D eigenvalue weighted by Gasteiger charge is 2.47. The van der Waals surface area contributed by atoms with Crippen molar-refractivity contribution in [3.05, 3.63) is 48.2 Å². The molecule has 1 aliphatic heterocycles. The fourth-order valence-corrected chi connectivity index (χ4v) is 5.11. The number of amides is 1. The number of aromatic nitrogens is 2. The van der Waals surface area contributed by atoms with Crippen LogP contribution in [0, 0.1) is 29.4 Å². The Labute approximate surface area is 190 Å². The Morgan fingerprint density at radius 3 is 2.61 bits per heavy atom. The largest absolute Gasteiger partial charge is 0.369 e. The summed E-state index contributed by atoms with van der Waals surface area (Å²) in [6, 6.07) is 4.54. The molecule has 33 heavy (non-hydrogen) atoms. The van der Waals surface area contributed by atoms with E-state index in [1.54, 1.807) is 12.1 Å². The van der Waals surface area contributed by atoms with Crippen molar-refractivity contribution in [3.8, 4) is 0 Å². The molecule has 2 fully saturated rings. The van der Waals surface area contributed by atoms with Crippen LogP contribution >= 0.6 is 0 Å². The van der Waals surface area contributed by atoms with Crippen LogP contribution in [0.25, 0.3) is 0 Å². The van der Waals surface area contributed by atoms with Crippen molar-refractivity contribution in [2.75, 3.05) is 48.8 Å². The summed E-state index contributed by atoms with van der Waals surface area (Å²) in [6.45, 7) is 3.29. The van der Waals surface area contributed by atoms with E-state index in [-0.39, 0.29) is 35.5 Å². The molecule has 174 valence electrons. The standard InChI is InChI=1S/C23H27F2N7O/c1-31-6-8-32(9-7-31)18-5-4-15(11-16(18)24)28-23-27-12-17(25)22(30-23)29-20-14-3-2-13(10-14)19(20)21(26)33/h2-5,11-14,19-20H,6-10H2,1H3,(H2,26,33)(H2,27,28,29,30). The molecular formula is C23H27F2N7O. The average molecular weight is 456 g/mol. The molecule has 3 aliphatic rings. The second-order valence-electron chi connectivity index (χ2n) is 9.02. The lowest BCUT2D eigenvalue weighted by molar-refractivity contribution is -0.122. The SMILES string of the molecule is CN1CCN(c2ccc(Nc3ncc(F)c(NC4C5C=CC(C5)C4C(N)=O)n3)cc2F)CC1. The summed E-state index contributed by atoms with van der Waals surface area (Å²) >= 11 is 0. The van der Waals surface area contributed by atoms with Gasteiger partial charge in [-0.2, -0.15) is 4.98 Å². The van der Waals surface area contributed by atoms with Gasteiger partial charge in [0.2, 0.25) is 11.9 Å². The van der Waals surface area contributed by atoms with Crippen molar-refractivity contribution in [2.45, 2.75) is 12.5 Å². The molecule has 8 nitrogen and oxygen atoms in total. The molecule has 1 aromatic heterocycles. The number of nitrogens with two attached hydrogens (primary N) is 1. The highest BCUT2D eigenvalue weighted by Crippen LogP contribution is 2.44. The van der Waals surface area contributed by atoms with Crippen LogP contribution in [-0.2, 0) is 4.79 Å². The maximum atomic E-state index is 14.8. The minimum absolute atomic E-state index is 0.0146. The predicted molar refractivity (Wildman–Crippen MR) is 122 cm³/mol. The van der Waals surface area contributed by atoms with Crippen molar-refractivity contribution in [2.24, 2.45) is 23.5 Å². The molecule has 1 saturated carbocycles. The number of rotatable bonds is 6. The fraction of sp³-hybridized carbons (Fsp3) is 0.435. The molecule has 2 heterocycles. The number of nitrogens with one attached hydrogen (secondary N) is 2. The first-order valence-electron chi connectivity index (χ1n) is 11.2. The summed E-state index contributed by atoms with van der Waals surface area (Å²) in [6.07, 6.45) is 5.89. The molecule has 0 radical (unpaired) electrons. The van der Waals surface area contributed by atoms with E-state index in [1.807, 2.05) is 17.1 Å². The zero-order valence-electron chi connectivity index (χ0n) is 18.3. The van der Waals surface area contributed by atoms with Gasteiger partial charge in [0, 0.05) is 37.9 Å². The molecule has 0 spiro atoms. The summed E-state index contributed by atoms with van der Waals surface area (Å²) in [5.74, 6) is -1.53. The minimum Gasteiger partial charge on any atom is -0.369 e. The number of hydrogen-bond donors (Lipinski definition) is 3. The van der Waals surface area contributed by atoms with Gasteiger partial charge in [-0.3, -0.25) is 4.79 Å². The van der Waals surface area contributed by atoms with Crippen molar-refractivity contribution in [1.29, 1.82) is 0 Å². The number of allylic oxidation sites excluding steroid dienone is 1. The third kappa shape index (κ3) is 4.22. The lowest BCUT2D eigenvalue weighted by atomic mass is 9.88. The Balaban J connectivity index is 1.31. The minimum atomic E-state index is -0.632. The number of nitrogens with zero attached hydrogens (tertiary/aromatic N) is 4. The molecule has 2 aliphatic carbocycles. The van der Waals surface area contributed by atoms with Gasteiger partial charge < -0.3 is 26.2 Å². The van der Waals surface area contributed by atoms with Crippen LogP contribution in [0.3, 0.4) is 0 Å². The van der Waals surface area contributed by atoms with Crippen molar-refractivity contribution < 1.29 is 13.6 Å². The molecule has 4 unspecified atom stereocenters. The molecule has 4 N–H and O–H groups in total. The third-order valence-corrected chi connectivity index (χ3v) is 6.88. The quantitative estimate of drug-likeness (QED) is 0.575. The Bertz CT molecular complexity index is 1090. The maximum absolute atomic E-state index is 14.8. The van der Waals surface area contributed by atoms with Crippen LogP contribution < -0.4 is 21.3 Å². The summed E-state index contributed by atoms with van der Waals surface area (Å²) in [4.78, 5) is 24.4. The zero-order valence-corrected chi connectivity index (χ0v) is 18.3. The smallest absolute Gasteiger partial charge is 0.229 e. The molecule has 2 bridgehead atoms. The number of anilines is 4. The van der Waals surface area contributed by atoms with Crippen LogP contribution in [0.2, 0.25) is 0 Å². The van der Waals surface area contributed by atoms with E-state index in [2.05, 4.69) is 32.5 Å². The molecule has 1 amide bonds. The molecule has 5 rings (SSSR count). The van der Waals surface area contributed by atoms with E-state index in [0.29, 0.717) is 11.4 Å². The van der Waals surface area contributed by atoms with Crippen molar-refractivity contribution in [1.82, 2.24) is 14.9 Å². The molecule has 1 saturated heterocycles. The second kappa shape index (κ2) is 8.58. The van der Waals surface area contributed by atoms with Crippen LogP contribution in [0.15, 0.2) is 36.5 Å². The van der Waals surface area contributed by atoms with E-state index in [0.717, 1.165) is 38.8 Å². The number of carbonyl (C=O) groups excluding carboxylic acids is 1. The first-order valence-corrected chi connectivity index (χ1v) is 11.2. The van der Waals surface area contributed by atoms with E-state index in [1.165, 1.54) is 6.07 Å². The number of likely N-dealkylation sites (N-methyl/N-ethyl adjacent to an activating group) is 1. The zero-order chi connectivity index (χ0) is 23.1.